The van der Waals surface area contributed by atoms with Gasteiger partial charge >= 0.3 is 0 Å². The fourth-order valence-corrected chi connectivity index (χ4v) is 2.48. The molecule has 1 atom stereocenters. The Bertz CT molecular complexity index is 349. The first kappa shape index (κ1) is 13.2. The molecule has 1 saturated heterocycles. The molecule has 0 spiro atoms. The normalized spacial score (nSPS) is 19.2. The van der Waals surface area contributed by atoms with Gasteiger partial charge in [0.2, 0.25) is 0 Å². The van der Waals surface area contributed by atoms with Crippen molar-refractivity contribution in [3.8, 4) is 0 Å². The van der Waals surface area contributed by atoms with Gasteiger partial charge in [-0.05, 0) is 19.3 Å². The highest BCUT2D eigenvalue weighted by Gasteiger charge is 2.25. The monoisotopic (exact) mass is 240 g/mol. The van der Waals surface area contributed by atoms with Crippen LogP contribution in [0.15, 0.2) is 6.20 Å². The highest BCUT2D eigenvalue weighted by molar-refractivity contribution is 7.13. The molecule has 2 rings (SSSR count). The second-order valence-corrected chi connectivity index (χ2v) is 5.12. The lowest BCUT2D eigenvalue weighted by molar-refractivity contribution is 0.0792. The second-order valence-electron chi connectivity index (χ2n) is 3.89. The van der Waals surface area contributed by atoms with Gasteiger partial charge in [0, 0.05) is 13.1 Å². The molecule has 1 unspecified atom stereocenters. The molecule has 1 aliphatic heterocycles. The number of rotatable bonds is 1. The Labute approximate surface area is 101 Å². The van der Waals surface area contributed by atoms with E-state index in [1.54, 1.807) is 6.20 Å². The molecule has 1 fully saturated rings. The molecule has 0 bridgehead atoms. The predicted molar refractivity (Wildman–Crippen MR) is 67.9 cm³/mol. The fourth-order valence-electron chi connectivity index (χ4n) is 1.74. The summed E-state index contributed by atoms with van der Waals surface area (Å²) in [6.07, 6.45) is 2.81. The molecule has 0 N–H and O–H groups in total. The number of carbonyl (C=O) groups is 1. The van der Waals surface area contributed by atoms with Crippen LogP contribution >= 0.6 is 11.3 Å². The Morgan fingerprint density at radius 2 is 2.25 bits per heavy atom. The average Bonchev–Trinajstić information content (AvgIpc) is 2.89. The summed E-state index contributed by atoms with van der Waals surface area (Å²) in [7, 11) is 0. The van der Waals surface area contributed by atoms with Crippen LogP contribution < -0.4 is 0 Å². The number of aryl methyl sites for hydroxylation is 1. The first-order valence-electron chi connectivity index (χ1n) is 5.88. The zero-order chi connectivity index (χ0) is 12.1. The van der Waals surface area contributed by atoms with E-state index in [0.29, 0.717) is 5.92 Å². The van der Waals surface area contributed by atoms with Crippen LogP contribution in [0.25, 0.3) is 0 Å². The van der Waals surface area contributed by atoms with Gasteiger partial charge in [-0.15, -0.1) is 11.3 Å². The molecule has 2 heterocycles. The maximum absolute atomic E-state index is 11.9. The SMILES string of the molecule is CC.Cc1ncc(C(=O)N2CCC(C)C2)s1. The van der Waals surface area contributed by atoms with Gasteiger partial charge in [0.15, 0.2) is 0 Å². The van der Waals surface area contributed by atoms with Crippen LogP contribution in [0.5, 0.6) is 0 Å². The van der Waals surface area contributed by atoms with E-state index in [1.165, 1.54) is 11.3 Å². The number of carbonyl (C=O) groups excluding carboxylic acids is 1. The van der Waals surface area contributed by atoms with Crippen LogP contribution in [0.4, 0.5) is 0 Å². The Morgan fingerprint density at radius 3 is 2.69 bits per heavy atom. The van der Waals surface area contributed by atoms with Crippen molar-refractivity contribution in [1.82, 2.24) is 9.88 Å². The van der Waals surface area contributed by atoms with Crippen molar-refractivity contribution in [3.63, 3.8) is 0 Å². The summed E-state index contributed by atoms with van der Waals surface area (Å²) < 4.78 is 0. The number of amides is 1. The maximum Gasteiger partial charge on any atom is 0.265 e. The Hall–Kier alpha value is -0.900. The van der Waals surface area contributed by atoms with Crippen LogP contribution in [-0.4, -0.2) is 28.9 Å². The van der Waals surface area contributed by atoms with Gasteiger partial charge in [0.05, 0.1) is 11.2 Å². The molecule has 1 amide bonds. The van der Waals surface area contributed by atoms with E-state index >= 15 is 0 Å². The Morgan fingerprint density at radius 1 is 1.56 bits per heavy atom. The van der Waals surface area contributed by atoms with Crippen LogP contribution in [-0.2, 0) is 0 Å². The molecule has 16 heavy (non-hydrogen) atoms. The maximum atomic E-state index is 11.9. The molecule has 1 aromatic rings. The van der Waals surface area contributed by atoms with Gasteiger partial charge in [-0.25, -0.2) is 4.98 Å². The molecule has 0 radical (unpaired) electrons. The molecule has 4 heteroatoms. The van der Waals surface area contributed by atoms with Crippen LogP contribution in [0.3, 0.4) is 0 Å². The van der Waals surface area contributed by atoms with Gasteiger partial charge < -0.3 is 4.90 Å². The lowest BCUT2D eigenvalue weighted by atomic mass is 10.2. The summed E-state index contributed by atoms with van der Waals surface area (Å²) in [5, 5.41) is 0.959. The summed E-state index contributed by atoms with van der Waals surface area (Å²) in [5.41, 5.74) is 0. The number of likely N-dealkylation sites (tertiary alicyclic amines) is 1. The zero-order valence-electron chi connectivity index (χ0n) is 10.5. The molecule has 3 nitrogen and oxygen atoms in total. The topological polar surface area (TPSA) is 33.2 Å². The number of aromatic nitrogens is 1. The highest BCUT2D eigenvalue weighted by atomic mass is 32.1. The minimum atomic E-state index is 0.153. The third-order valence-electron chi connectivity index (χ3n) is 2.54. The van der Waals surface area contributed by atoms with Gasteiger partial charge in [0.1, 0.15) is 4.88 Å². The Balaban J connectivity index is 0.000000606. The third kappa shape index (κ3) is 3.04. The van der Waals surface area contributed by atoms with E-state index in [1.807, 2.05) is 25.7 Å². The molecule has 90 valence electrons. The van der Waals surface area contributed by atoms with Gasteiger partial charge in [-0.3, -0.25) is 4.79 Å². The lowest BCUT2D eigenvalue weighted by Crippen LogP contribution is -2.27. The second kappa shape index (κ2) is 5.99. The van der Waals surface area contributed by atoms with Crippen molar-refractivity contribution >= 4 is 17.2 Å². The highest BCUT2D eigenvalue weighted by Crippen LogP contribution is 2.20. The molecule has 1 aliphatic rings. The summed E-state index contributed by atoms with van der Waals surface area (Å²) in [6, 6.07) is 0. The van der Waals surface area contributed by atoms with E-state index in [4.69, 9.17) is 0 Å². The number of thiazole rings is 1. The first-order chi connectivity index (χ1) is 7.66. The summed E-state index contributed by atoms with van der Waals surface area (Å²) in [4.78, 5) is 18.7. The quantitative estimate of drug-likeness (QED) is 0.756. The summed E-state index contributed by atoms with van der Waals surface area (Å²) in [6.45, 7) is 9.91. The summed E-state index contributed by atoms with van der Waals surface area (Å²) in [5.74, 6) is 0.799. The largest absolute Gasteiger partial charge is 0.338 e. The molecular weight excluding hydrogens is 220 g/mol. The first-order valence-corrected chi connectivity index (χ1v) is 6.70. The fraction of sp³-hybridized carbons (Fsp3) is 0.667. The van der Waals surface area contributed by atoms with E-state index in [2.05, 4.69) is 11.9 Å². The van der Waals surface area contributed by atoms with Crippen molar-refractivity contribution in [2.45, 2.75) is 34.1 Å². The van der Waals surface area contributed by atoms with E-state index < -0.39 is 0 Å². The molecule has 0 aromatic carbocycles. The third-order valence-corrected chi connectivity index (χ3v) is 3.44. The van der Waals surface area contributed by atoms with Crippen LogP contribution in [0, 0.1) is 12.8 Å². The Kier molecular flexibility index (Phi) is 4.93. The van der Waals surface area contributed by atoms with Crippen molar-refractivity contribution < 1.29 is 4.79 Å². The van der Waals surface area contributed by atoms with E-state index in [0.717, 1.165) is 29.4 Å². The van der Waals surface area contributed by atoms with Gasteiger partial charge in [-0.1, -0.05) is 20.8 Å². The molecule has 0 saturated carbocycles. The van der Waals surface area contributed by atoms with Gasteiger partial charge in [0.25, 0.3) is 5.91 Å². The molecule has 0 aliphatic carbocycles. The molecular formula is C12H20N2OS. The number of nitrogens with zero attached hydrogens (tertiary/aromatic N) is 2. The lowest BCUT2D eigenvalue weighted by Gasteiger charge is -2.13. The van der Waals surface area contributed by atoms with Gasteiger partial charge in [-0.2, -0.15) is 0 Å². The minimum Gasteiger partial charge on any atom is -0.338 e. The van der Waals surface area contributed by atoms with Crippen LogP contribution in [0.2, 0.25) is 0 Å². The smallest absolute Gasteiger partial charge is 0.265 e. The van der Waals surface area contributed by atoms with Crippen molar-refractivity contribution in [2.24, 2.45) is 5.92 Å². The van der Waals surface area contributed by atoms with E-state index in [9.17, 15) is 4.79 Å². The number of hydrogen-bond acceptors (Lipinski definition) is 3. The van der Waals surface area contributed by atoms with Crippen molar-refractivity contribution in [3.05, 3.63) is 16.1 Å². The van der Waals surface area contributed by atoms with Crippen molar-refractivity contribution in [1.29, 1.82) is 0 Å². The minimum absolute atomic E-state index is 0.153. The predicted octanol–water partition coefficient (Wildman–Crippen LogP) is 2.96. The van der Waals surface area contributed by atoms with Crippen molar-refractivity contribution in [2.75, 3.05) is 13.1 Å². The average molecular weight is 240 g/mol. The van der Waals surface area contributed by atoms with Crippen LogP contribution in [0.1, 0.15) is 41.9 Å². The zero-order valence-corrected chi connectivity index (χ0v) is 11.3. The number of hydrogen-bond donors (Lipinski definition) is 0. The summed E-state index contributed by atoms with van der Waals surface area (Å²) >= 11 is 1.48. The van der Waals surface area contributed by atoms with E-state index in [-0.39, 0.29) is 5.91 Å². The standard InChI is InChI=1S/C10H14N2OS.C2H6/c1-7-3-4-12(6-7)10(13)9-5-11-8(2)14-9;1-2/h5,7H,3-4,6H2,1-2H3;1-2H3. The molecule has 1 aromatic heterocycles.